The number of aromatic nitrogens is 2. The molecule has 0 fully saturated rings. The van der Waals surface area contributed by atoms with Gasteiger partial charge in [-0.05, 0) is 47.1 Å². The summed E-state index contributed by atoms with van der Waals surface area (Å²) >= 11 is 8.51. The fourth-order valence-electron chi connectivity index (χ4n) is 1.82. The predicted molar refractivity (Wildman–Crippen MR) is 74.3 cm³/mol. The fraction of sp³-hybridized carbons (Fsp3) is 0.417. The van der Waals surface area contributed by atoms with Gasteiger partial charge in [-0.15, -0.1) is 0 Å². The third kappa shape index (κ3) is 2.18. The number of hydrogen-bond acceptors (Lipinski definition) is 1. The Morgan fingerprint density at radius 2 is 2.00 bits per heavy atom. The van der Waals surface area contributed by atoms with Gasteiger partial charge in [0, 0.05) is 12.1 Å². The van der Waals surface area contributed by atoms with Crippen LogP contribution in [-0.2, 0) is 0 Å². The van der Waals surface area contributed by atoms with E-state index in [1.165, 1.54) is 6.07 Å². The molecule has 0 bridgehead atoms. The van der Waals surface area contributed by atoms with Crippen LogP contribution in [0.2, 0.25) is 0 Å². The Labute approximate surface area is 113 Å². The molecule has 17 heavy (non-hydrogen) atoms. The molecule has 0 radical (unpaired) electrons. The van der Waals surface area contributed by atoms with E-state index in [0.717, 1.165) is 11.0 Å². The number of H-pyrrole nitrogens is 1. The first-order valence-electron chi connectivity index (χ1n) is 5.51. The van der Waals surface area contributed by atoms with Gasteiger partial charge < -0.3 is 9.55 Å². The molecule has 0 spiro atoms. The van der Waals surface area contributed by atoms with Crippen LogP contribution in [0.3, 0.4) is 0 Å². The molecule has 1 aromatic carbocycles. The summed E-state index contributed by atoms with van der Waals surface area (Å²) in [6.45, 7) is 6.40. The first kappa shape index (κ1) is 12.8. The van der Waals surface area contributed by atoms with Crippen LogP contribution < -0.4 is 0 Å². The first-order valence-corrected chi connectivity index (χ1v) is 6.71. The molecule has 2 rings (SSSR count). The SMILES string of the molecule is CC(C)C(C)n1c(=S)[nH]c2cc(F)c(Br)cc21. The minimum absolute atomic E-state index is 0.272. The van der Waals surface area contributed by atoms with E-state index in [9.17, 15) is 4.39 Å². The van der Waals surface area contributed by atoms with Crippen LogP contribution in [0.4, 0.5) is 4.39 Å². The summed E-state index contributed by atoms with van der Waals surface area (Å²) in [6, 6.07) is 3.52. The van der Waals surface area contributed by atoms with Crippen LogP contribution in [0.1, 0.15) is 26.8 Å². The Balaban J connectivity index is 2.75. The highest BCUT2D eigenvalue weighted by atomic mass is 79.9. The minimum atomic E-state index is -0.280. The molecule has 0 saturated heterocycles. The molecule has 1 aromatic heterocycles. The van der Waals surface area contributed by atoms with Crippen LogP contribution in [0, 0.1) is 16.5 Å². The number of aromatic amines is 1. The fourth-order valence-corrected chi connectivity index (χ4v) is 2.53. The lowest BCUT2D eigenvalue weighted by atomic mass is 10.1. The van der Waals surface area contributed by atoms with E-state index in [2.05, 4.69) is 41.7 Å². The van der Waals surface area contributed by atoms with Gasteiger partial charge >= 0.3 is 0 Å². The molecule has 5 heteroatoms. The van der Waals surface area contributed by atoms with Gasteiger partial charge in [-0.1, -0.05) is 13.8 Å². The molecule has 0 saturated carbocycles. The molecular formula is C12H14BrFN2S. The van der Waals surface area contributed by atoms with Gasteiger partial charge in [0.05, 0.1) is 15.5 Å². The monoisotopic (exact) mass is 316 g/mol. The third-order valence-corrected chi connectivity index (χ3v) is 4.04. The van der Waals surface area contributed by atoms with Gasteiger partial charge in [-0.25, -0.2) is 4.39 Å². The highest BCUT2D eigenvalue weighted by Gasteiger charge is 2.15. The van der Waals surface area contributed by atoms with Gasteiger partial charge in [-0.2, -0.15) is 0 Å². The number of halogens is 2. The Hall–Kier alpha value is -0.680. The van der Waals surface area contributed by atoms with Crippen molar-refractivity contribution in [2.24, 2.45) is 5.92 Å². The number of nitrogens with zero attached hydrogens (tertiary/aromatic N) is 1. The Kier molecular flexibility index (Phi) is 3.41. The molecule has 2 nitrogen and oxygen atoms in total. The third-order valence-electron chi connectivity index (χ3n) is 3.13. The standard InChI is InChI=1S/C12H14BrFN2S/c1-6(2)7(3)16-11-4-8(13)9(14)5-10(11)15-12(16)17/h4-7H,1-3H3,(H,15,17). The second kappa shape index (κ2) is 4.53. The zero-order valence-electron chi connectivity index (χ0n) is 9.92. The van der Waals surface area contributed by atoms with Crippen molar-refractivity contribution in [3.05, 3.63) is 27.2 Å². The predicted octanol–water partition coefficient (Wildman–Crippen LogP) is 4.82. The zero-order valence-corrected chi connectivity index (χ0v) is 12.3. The number of benzene rings is 1. The van der Waals surface area contributed by atoms with Gasteiger partial charge in [0.25, 0.3) is 0 Å². The van der Waals surface area contributed by atoms with Gasteiger partial charge in [0.2, 0.25) is 0 Å². The van der Waals surface area contributed by atoms with Crippen molar-refractivity contribution < 1.29 is 4.39 Å². The quantitative estimate of drug-likeness (QED) is 0.788. The topological polar surface area (TPSA) is 20.7 Å². The number of imidazole rings is 1. The maximum absolute atomic E-state index is 13.4. The van der Waals surface area contributed by atoms with Crippen LogP contribution in [0.25, 0.3) is 11.0 Å². The number of fused-ring (bicyclic) bond motifs is 1. The van der Waals surface area contributed by atoms with Crippen molar-refractivity contribution in [2.75, 3.05) is 0 Å². The molecule has 1 atom stereocenters. The largest absolute Gasteiger partial charge is 0.330 e. The average molecular weight is 317 g/mol. The summed E-state index contributed by atoms with van der Waals surface area (Å²) in [6.07, 6.45) is 0. The number of nitrogens with one attached hydrogen (secondary N) is 1. The van der Waals surface area contributed by atoms with Crippen molar-refractivity contribution in [2.45, 2.75) is 26.8 Å². The molecular weight excluding hydrogens is 303 g/mol. The average Bonchev–Trinajstić information content (AvgIpc) is 2.53. The Morgan fingerprint density at radius 3 is 2.59 bits per heavy atom. The van der Waals surface area contributed by atoms with Gasteiger partial charge in [0.1, 0.15) is 5.82 Å². The molecule has 0 aliphatic carbocycles. The van der Waals surface area contributed by atoms with Crippen LogP contribution >= 0.6 is 28.1 Å². The summed E-state index contributed by atoms with van der Waals surface area (Å²) in [4.78, 5) is 3.05. The molecule has 1 heterocycles. The second-order valence-electron chi connectivity index (χ2n) is 4.57. The van der Waals surface area contributed by atoms with E-state index >= 15 is 0 Å². The summed E-state index contributed by atoms with van der Waals surface area (Å²) in [5, 5.41) is 0. The van der Waals surface area contributed by atoms with E-state index in [4.69, 9.17) is 12.2 Å². The summed E-state index contributed by atoms with van der Waals surface area (Å²) in [5.41, 5.74) is 1.67. The van der Waals surface area contributed by atoms with Crippen LogP contribution in [-0.4, -0.2) is 9.55 Å². The van der Waals surface area contributed by atoms with E-state index in [-0.39, 0.29) is 11.9 Å². The Morgan fingerprint density at radius 1 is 1.35 bits per heavy atom. The van der Waals surface area contributed by atoms with E-state index in [0.29, 0.717) is 15.2 Å². The molecule has 1 N–H and O–H groups in total. The second-order valence-corrected chi connectivity index (χ2v) is 5.81. The van der Waals surface area contributed by atoms with Crippen molar-refractivity contribution in [3.8, 4) is 0 Å². The minimum Gasteiger partial charge on any atom is -0.330 e. The zero-order chi connectivity index (χ0) is 12.7. The van der Waals surface area contributed by atoms with E-state index < -0.39 is 0 Å². The lowest BCUT2D eigenvalue weighted by molar-refractivity contribution is 0.413. The highest BCUT2D eigenvalue weighted by Crippen LogP contribution is 2.28. The summed E-state index contributed by atoms with van der Waals surface area (Å²) in [7, 11) is 0. The van der Waals surface area contributed by atoms with Gasteiger partial charge in [-0.3, -0.25) is 0 Å². The Bertz CT molecular complexity index is 615. The first-order chi connectivity index (χ1) is 7.91. The van der Waals surface area contributed by atoms with Crippen molar-refractivity contribution >= 4 is 39.2 Å². The summed E-state index contributed by atoms with van der Waals surface area (Å²) < 4.78 is 16.6. The van der Waals surface area contributed by atoms with Crippen LogP contribution in [0.5, 0.6) is 0 Å². The van der Waals surface area contributed by atoms with E-state index in [1.807, 2.05) is 4.57 Å². The smallest absolute Gasteiger partial charge is 0.178 e. The molecule has 0 amide bonds. The molecule has 0 aliphatic heterocycles. The van der Waals surface area contributed by atoms with Gasteiger partial charge in [0.15, 0.2) is 4.77 Å². The molecule has 2 aromatic rings. The van der Waals surface area contributed by atoms with Crippen molar-refractivity contribution in [1.82, 2.24) is 9.55 Å². The highest BCUT2D eigenvalue weighted by molar-refractivity contribution is 9.10. The lowest BCUT2D eigenvalue weighted by Gasteiger charge is -2.18. The number of hydrogen-bond donors (Lipinski definition) is 1. The maximum Gasteiger partial charge on any atom is 0.178 e. The van der Waals surface area contributed by atoms with E-state index in [1.54, 1.807) is 6.07 Å². The molecule has 92 valence electrons. The normalized spacial score (nSPS) is 13.5. The molecule has 1 unspecified atom stereocenters. The summed E-state index contributed by atoms with van der Waals surface area (Å²) in [5.74, 6) is 0.183. The lowest BCUT2D eigenvalue weighted by Crippen LogP contribution is -2.11. The van der Waals surface area contributed by atoms with Crippen LogP contribution in [0.15, 0.2) is 16.6 Å². The maximum atomic E-state index is 13.4. The number of rotatable bonds is 2. The van der Waals surface area contributed by atoms with Crippen molar-refractivity contribution in [1.29, 1.82) is 0 Å². The van der Waals surface area contributed by atoms with Crippen molar-refractivity contribution in [3.63, 3.8) is 0 Å². The molecule has 0 aliphatic rings.